The van der Waals surface area contributed by atoms with Gasteiger partial charge in [-0.15, -0.1) is 0 Å². The van der Waals surface area contributed by atoms with Crippen molar-refractivity contribution < 1.29 is 28.6 Å². The van der Waals surface area contributed by atoms with Gasteiger partial charge in [0.25, 0.3) is 0 Å². The van der Waals surface area contributed by atoms with E-state index in [1.165, 1.54) is 21.3 Å². The van der Waals surface area contributed by atoms with Crippen molar-refractivity contribution in [3.8, 4) is 0 Å². The van der Waals surface area contributed by atoms with Crippen molar-refractivity contribution in [2.45, 2.75) is 11.7 Å². The number of thioether (sulfide) groups is 1. The number of nitrogens with two attached hydrogens (primary N) is 1. The van der Waals surface area contributed by atoms with Gasteiger partial charge < -0.3 is 19.9 Å². The molecule has 1 atom stereocenters. The van der Waals surface area contributed by atoms with E-state index < -0.39 is 22.6 Å². The van der Waals surface area contributed by atoms with Crippen molar-refractivity contribution in [3.05, 3.63) is 47.3 Å². The van der Waals surface area contributed by atoms with Crippen LogP contribution in [-0.4, -0.2) is 38.7 Å². The van der Waals surface area contributed by atoms with Crippen LogP contribution in [-0.2, 0) is 19.0 Å². The van der Waals surface area contributed by atoms with E-state index in [1.54, 1.807) is 24.3 Å². The molecule has 8 nitrogen and oxygen atoms in total. The highest BCUT2D eigenvalue weighted by Gasteiger charge is 2.25. The minimum Gasteiger partial charge on any atom is -0.466 e. The standard InChI is InChI=1S/C16H20N2O6S/c1-22-14(19)11(13(17)18-15(20)23-2)9-12(25-16(21)24-3)10-7-5-4-6-8-10/h4-8,12H,9,17H2,1-3H3,(H,18,20)/b13-11-/t12-/m0/s1. The fraction of sp³-hybridized carbons (Fsp3) is 0.312. The summed E-state index contributed by atoms with van der Waals surface area (Å²) in [5.41, 5.74) is 6.60. The highest BCUT2D eigenvalue weighted by molar-refractivity contribution is 8.13. The van der Waals surface area contributed by atoms with E-state index in [0.717, 1.165) is 17.3 Å². The van der Waals surface area contributed by atoms with Gasteiger partial charge in [-0.3, -0.25) is 5.32 Å². The van der Waals surface area contributed by atoms with Crippen LogP contribution in [0.2, 0.25) is 0 Å². The monoisotopic (exact) mass is 368 g/mol. The molecule has 136 valence electrons. The Morgan fingerprint density at radius 2 is 1.72 bits per heavy atom. The molecule has 25 heavy (non-hydrogen) atoms. The minimum absolute atomic E-state index is 0.0122. The van der Waals surface area contributed by atoms with Crippen LogP contribution in [0.25, 0.3) is 0 Å². The number of amides is 1. The Morgan fingerprint density at radius 3 is 2.24 bits per heavy atom. The third-order valence-corrected chi connectivity index (χ3v) is 4.23. The first-order chi connectivity index (χ1) is 11.9. The smallest absolute Gasteiger partial charge is 0.412 e. The zero-order chi connectivity index (χ0) is 18.8. The molecule has 0 unspecified atom stereocenters. The number of rotatable bonds is 6. The predicted octanol–water partition coefficient (Wildman–Crippen LogP) is 2.32. The summed E-state index contributed by atoms with van der Waals surface area (Å²) >= 11 is 0.893. The van der Waals surface area contributed by atoms with E-state index in [2.05, 4.69) is 14.8 Å². The molecule has 1 rings (SSSR count). The van der Waals surface area contributed by atoms with Gasteiger partial charge in [-0.05, 0) is 23.7 Å². The number of carbonyl (C=O) groups excluding carboxylic acids is 3. The Morgan fingerprint density at radius 1 is 1.08 bits per heavy atom. The maximum absolute atomic E-state index is 12.1. The number of nitrogens with one attached hydrogen (secondary N) is 1. The van der Waals surface area contributed by atoms with E-state index >= 15 is 0 Å². The molecule has 0 saturated heterocycles. The zero-order valence-corrected chi connectivity index (χ0v) is 14.9. The molecule has 0 aliphatic carbocycles. The molecule has 0 aromatic heterocycles. The summed E-state index contributed by atoms with van der Waals surface area (Å²) in [6.45, 7) is 0. The van der Waals surface area contributed by atoms with Crippen LogP contribution in [0.5, 0.6) is 0 Å². The van der Waals surface area contributed by atoms with Gasteiger partial charge in [0.1, 0.15) is 5.82 Å². The quantitative estimate of drug-likeness (QED) is 0.446. The van der Waals surface area contributed by atoms with E-state index in [4.69, 9.17) is 10.5 Å². The van der Waals surface area contributed by atoms with Crippen molar-refractivity contribution in [3.63, 3.8) is 0 Å². The summed E-state index contributed by atoms with van der Waals surface area (Å²) in [5.74, 6) is -0.926. The summed E-state index contributed by atoms with van der Waals surface area (Å²) < 4.78 is 13.9. The second kappa shape index (κ2) is 10.2. The van der Waals surface area contributed by atoms with Gasteiger partial charge in [0.05, 0.1) is 26.9 Å². The molecule has 0 heterocycles. The van der Waals surface area contributed by atoms with Crippen molar-refractivity contribution in [1.29, 1.82) is 0 Å². The zero-order valence-electron chi connectivity index (χ0n) is 14.1. The molecular formula is C16H20N2O6S. The number of carbonyl (C=O) groups is 3. The largest absolute Gasteiger partial charge is 0.466 e. The van der Waals surface area contributed by atoms with E-state index in [-0.39, 0.29) is 17.8 Å². The average molecular weight is 368 g/mol. The summed E-state index contributed by atoms with van der Waals surface area (Å²) in [5, 5.41) is 1.25. The summed E-state index contributed by atoms with van der Waals surface area (Å²) in [7, 11) is 3.63. The Hall–Kier alpha value is -2.68. The summed E-state index contributed by atoms with van der Waals surface area (Å²) in [4.78, 5) is 35.1. The number of ether oxygens (including phenoxy) is 3. The molecule has 0 bridgehead atoms. The lowest BCUT2D eigenvalue weighted by Gasteiger charge is -2.18. The molecule has 3 N–H and O–H groups in total. The molecule has 9 heteroatoms. The fourth-order valence-electron chi connectivity index (χ4n) is 1.91. The van der Waals surface area contributed by atoms with Crippen LogP contribution < -0.4 is 11.1 Å². The normalized spacial score (nSPS) is 12.4. The minimum atomic E-state index is -0.823. The van der Waals surface area contributed by atoms with Crippen molar-refractivity contribution in [2.75, 3.05) is 21.3 Å². The third kappa shape index (κ3) is 6.38. The van der Waals surface area contributed by atoms with Crippen LogP contribution >= 0.6 is 11.8 Å². The molecular weight excluding hydrogens is 348 g/mol. The molecule has 1 amide bonds. The maximum Gasteiger partial charge on any atom is 0.412 e. The first kappa shape index (κ1) is 20.4. The average Bonchev–Trinajstić information content (AvgIpc) is 2.64. The van der Waals surface area contributed by atoms with Crippen LogP contribution in [0, 0.1) is 0 Å². The third-order valence-electron chi connectivity index (χ3n) is 3.15. The number of hydrogen-bond acceptors (Lipinski definition) is 8. The van der Waals surface area contributed by atoms with Crippen LogP contribution in [0.1, 0.15) is 17.2 Å². The van der Waals surface area contributed by atoms with Crippen LogP contribution in [0.15, 0.2) is 41.7 Å². The molecule has 0 aliphatic heterocycles. The molecule has 0 fully saturated rings. The Kier molecular flexibility index (Phi) is 8.34. The van der Waals surface area contributed by atoms with E-state index in [1.807, 2.05) is 6.07 Å². The predicted molar refractivity (Wildman–Crippen MR) is 92.6 cm³/mol. The second-order valence-corrected chi connectivity index (χ2v) is 5.81. The van der Waals surface area contributed by atoms with E-state index in [9.17, 15) is 14.4 Å². The van der Waals surface area contributed by atoms with Crippen LogP contribution in [0.4, 0.5) is 9.59 Å². The van der Waals surface area contributed by atoms with Gasteiger partial charge in [0.2, 0.25) is 0 Å². The molecule has 1 aromatic carbocycles. The summed E-state index contributed by atoms with van der Waals surface area (Å²) in [6.07, 6.45) is -0.789. The van der Waals surface area contributed by atoms with Gasteiger partial charge in [-0.2, -0.15) is 0 Å². The van der Waals surface area contributed by atoms with Gasteiger partial charge in [-0.1, -0.05) is 30.3 Å². The number of alkyl carbamates (subject to hydrolysis) is 1. The topological polar surface area (TPSA) is 117 Å². The molecule has 0 radical (unpaired) electrons. The number of benzene rings is 1. The lowest BCUT2D eigenvalue weighted by Crippen LogP contribution is -2.31. The highest BCUT2D eigenvalue weighted by Crippen LogP contribution is 2.36. The summed E-state index contributed by atoms with van der Waals surface area (Å²) in [6, 6.07) is 9.04. The Balaban J connectivity index is 3.18. The van der Waals surface area contributed by atoms with E-state index in [0.29, 0.717) is 0 Å². The maximum atomic E-state index is 12.1. The Labute approximate surface area is 149 Å². The molecule has 1 aromatic rings. The van der Waals surface area contributed by atoms with Crippen molar-refractivity contribution in [2.24, 2.45) is 5.73 Å². The fourth-order valence-corrected chi connectivity index (χ4v) is 2.78. The number of esters is 1. The first-order valence-corrected chi connectivity index (χ1v) is 8.02. The molecule has 0 spiro atoms. The van der Waals surface area contributed by atoms with Gasteiger partial charge >= 0.3 is 17.4 Å². The second-order valence-electron chi connectivity index (χ2n) is 4.68. The molecule has 0 aliphatic rings. The van der Waals surface area contributed by atoms with Gasteiger partial charge in [-0.25, -0.2) is 14.4 Å². The van der Waals surface area contributed by atoms with Gasteiger partial charge in [0, 0.05) is 5.25 Å². The van der Waals surface area contributed by atoms with Crippen molar-refractivity contribution in [1.82, 2.24) is 5.32 Å². The number of methoxy groups -OCH3 is 3. The number of hydrogen-bond donors (Lipinski definition) is 2. The molecule has 0 saturated carbocycles. The van der Waals surface area contributed by atoms with Crippen LogP contribution in [0.3, 0.4) is 0 Å². The lowest BCUT2D eigenvalue weighted by atomic mass is 10.0. The van der Waals surface area contributed by atoms with Gasteiger partial charge in [0.15, 0.2) is 0 Å². The Bertz CT molecular complexity index is 647. The highest BCUT2D eigenvalue weighted by atomic mass is 32.2. The van der Waals surface area contributed by atoms with Crippen molar-refractivity contribution >= 4 is 29.1 Å². The first-order valence-electron chi connectivity index (χ1n) is 7.14. The lowest BCUT2D eigenvalue weighted by molar-refractivity contribution is -0.136. The SMILES string of the molecule is COC(=O)N/C(N)=C(/C[C@H](SC(=O)OC)c1ccccc1)C(=O)OC.